The first-order chi connectivity index (χ1) is 7.99. The smallest absolute Gasteiger partial charge is 0.333 e. The van der Waals surface area contributed by atoms with E-state index < -0.39 is 5.97 Å². The van der Waals surface area contributed by atoms with Crippen LogP contribution >= 0.6 is 12.4 Å². The Balaban J connectivity index is -0.000000238. The number of halogens is 1. The van der Waals surface area contributed by atoms with E-state index in [0.29, 0.717) is 12.1 Å². The third-order valence-corrected chi connectivity index (χ3v) is 1.20. The van der Waals surface area contributed by atoms with Gasteiger partial charge >= 0.3 is 11.9 Å². The lowest BCUT2D eigenvalue weighted by Crippen LogP contribution is -2.13. The zero-order chi connectivity index (χ0) is 13.7. The summed E-state index contributed by atoms with van der Waals surface area (Å²) in [6.45, 7) is 8.68. The van der Waals surface area contributed by atoms with Gasteiger partial charge in [-0.05, 0) is 6.92 Å². The fourth-order valence-corrected chi connectivity index (χ4v) is 0.480. The van der Waals surface area contributed by atoms with Gasteiger partial charge in [0.2, 0.25) is 0 Å². The van der Waals surface area contributed by atoms with E-state index in [1.807, 2.05) is 0 Å². The number of rotatable bonds is 6. The van der Waals surface area contributed by atoms with Crippen LogP contribution in [0.1, 0.15) is 6.92 Å². The van der Waals surface area contributed by atoms with E-state index in [1.54, 1.807) is 6.92 Å². The first kappa shape index (κ1) is 21.9. The van der Waals surface area contributed by atoms with Crippen molar-refractivity contribution >= 4 is 24.3 Å². The molecule has 0 saturated carbocycles. The van der Waals surface area contributed by atoms with Gasteiger partial charge in [-0.25, -0.2) is 9.59 Å². The molecule has 0 heterocycles. The SMILES string of the molecule is C=C(C)C(=O)OCCN.C=CC(=O)OCCO.Cl. The molecule has 3 N–H and O–H groups in total. The number of aliphatic hydroxyl groups is 1. The Bertz CT molecular complexity index is 268. The summed E-state index contributed by atoms with van der Waals surface area (Å²) in [5.74, 6) is -0.875. The number of aliphatic hydroxyl groups excluding tert-OH is 1. The van der Waals surface area contributed by atoms with Crippen LogP contribution in [-0.4, -0.2) is 43.4 Å². The van der Waals surface area contributed by atoms with Crippen molar-refractivity contribution in [2.45, 2.75) is 6.92 Å². The molecule has 0 aromatic heterocycles. The second-order valence-corrected chi connectivity index (χ2v) is 2.80. The molecule has 0 aliphatic heterocycles. The van der Waals surface area contributed by atoms with Crippen molar-refractivity contribution in [1.82, 2.24) is 0 Å². The summed E-state index contributed by atoms with van der Waals surface area (Å²) in [7, 11) is 0. The molecular formula is C11H20ClNO5. The second kappa shape index (κ2) is 15.6. The Hall–Kier alpha value is -1.37. The largest absolute Gasteiger partial charge is 0.461 e. The first-order valence-electron chi connectivity index (χ1n) is 4.92. The zero-order valence-electron chi connectivity index (χ0n) is 10.4. The van der Waals surface area contributed by atoms with Crippen LogP contribution in [0.4, 0.5) is 0 Å². The summed E-state index contributed by atoms with van der Waals surface area (Å²) in [5.41, 5.74) is 5.48. The summed E-state index contributed by atoms with van der Waals surface area (Å²) in [4.78, 5) is 20.6. The van der Waals surface area contributed by atoms with Crippen molar-refractivity contribution in [1.29, 1.82) is 0 Å². The van der Waals surface area contributed by atoms with Crippen molar-refractivity contribution < 1.29 is 24.2 Å². The highest BCUT2D eigenvalue weighted by Gasteiger charge is 1.99. The lowest BCUT2D eigenvalue weighted by Gasteiger charge is -1.99. The highest BCUT2D eigenvalue weighted by Crippen LogP contribution is 1.89. The third-order valence-electron chi connectivity index (χ3n) is 1.20. The molecule has 18 heavy (non-hydrogen) atoms. The van der Waals surface area contributed by atoms with E-state index in [-0.39, 0.29) is 38.2 Å². The number of ether oxygens (including phenoxy) is 2. The van der Waals surface area contributed by atoms with E-state index in [4.69, 9.17) is 10.8 Å². The molecule has 0 amide bonds. The lowest BCUT2D eigenvalue weighted by atomic mass is 10.4. The van der Waals surface area contributed by atoms with Crippen molar-refractivity contribution in [2.75, 3.05) is 26.4 Å². The molecule has 0 atom stereocenters. The fraction of sp³-hybridized carbons (Fsp3) is 0.455. The first-order valence-corrected chi connectivity index (χ1v) is 4.92. The van der Waals surface area contributed by atoms with Crippen LogP contribution in [0.3, 0.4) is 0 Å². The summed E-state index contributed by atoms with van der Waals surface area (Å²) in [6, 6.07) is 0. The highest BCUT2D eigenvalue weighted by atomic mass is 35.5. The van der Waals surface area contributed by atoms with E-state index in [0.717, 1.165) is 6.08 Å². The van der Waals surface area contributed by atoms with E-state index in [1.165, 1.54) is 0 Å². The van der Waals surface area contributed by atoms with Gasteiger partial charge < -0.3 is 20.3 Å². The molecule has 0 aromatic carbocycles. The standard InChI is InChI=1S/C6H11NO2.C5H8O3.ClH/c1-5(2)6(8)9-4-3-7;1-2-5(7)8-4-3-6;/h1,3-4,7H2,2H3;2,6H,1,3-4H2;1H. The lowest BCUT2D eigenvalue weighted by molar-refractivity contribution is -0.139. The van der Waals surface area contributed by atoms with Crippen LogP contribution in [-0.2, 0) is 19.1 Å². The molecule has 0 aliphatic carbocycles. The average molecular weight is 282 g/mol. The Kier molecular flexibility index (Phi) is 19.0. The molecule has 0 rings (SSSR count). The number of carbonyl (C=O) groups excluding carboxylic acids is 2. The number of carbonyl (C=O) groups is 2. The molecule has 0 fully saturated rings. The number of hydrogen-bond donors (Lipinski definition) is 2. The van der Waals surface area contributed by atoms with Crippen LogP contribution in [0.2, 0.25) is 0 Å². The molecule has 0 spiro atoms. The van der Waals surface area contributed by atoms with Gasteiger partial charge in [0.1, 0.15) is 13.2 Å². The molecule has 0 saturated heterocycles. The molecule has 0 unspecified atom stereocenters. The molecule has 0 aliphatic rings. The maximum Gasteiger partial charge on any atom is 0.333 e. The molecule has 0 bridgehead atoms. The Morgan fingerprint density at radius 1 is 1.33 bits per heavy atom. The zero-order valence-corrected chi connectivity index (χ0v) is 11.2. The van der Waals surface area contributed by atoms with Gasteiger partial charge in [-0.3, -0.25) is 0 Å². The van der Waals surface area contributed by atoms with Crippen molar-refractivity contribution in [2.24, 2.45) is 5.73 Å². The molecule has 0 aromatic rings. The van der Waals surface area contributed by atoms with Crippen LogP contribution < -0.4 is 5.73 Å². The van der Waals surface area contributed by atoms with E-state index in [9.17, 15) is 9.59 Å². The third kappa shape index (κ3) is 17.0. The van der Waals surface area contributed by atoms with Crippen LogP contribution in [0.5, 0.6) is 0 Å². The van der Waals surface area contributed by atoms with Gasteiger partial charge in [0.05, 0.1) is 6.61 Å². The van der Waals surface area contributed by atoms with Crippen molar-refractivity contribution in [3.63, 3.8) is 0 Å². The number of esters is 2. The summed E-state index contributed by atoms with van der Waals surface area (Å²) in [5, 5.41) is 8.10. The van der Waals surface area contributed by atoms with Gasteiger partial charge in [-0.1, -0.05) is 13.2 Å². The second-order valence-electron chi connectivity index (χ2n) is 2.80. The summed E-state index contributed by atoms with van der Waals surface area (Å²) >= 11 is 0. The van der Waals surface area contributed by atoms with Crippen LogP contribution in [0.25, 0.3) is 0 Å². The minimum absolute atomic E-state index is 0. The Morgan fingerprint density at radius 2 is 1.89 bits per heavy atom. The van der Waals surface area contributed by atoms with Crippen molar-refractivity contribution in [3.8, 4) is 0 Å². The summed E-state index contributed by atoms with van der Waals surface area (Å²) in [6.07, 6.45) is 1.05. The normalized spacial score (nSPS) is 7.94. The molecule has 106 valence electrons. The predicted octanol–water partition coefficient (Wildman–Crippen LogP) is 0.194. The Morgan fingerprint density at radius 3 is 2.22 bits per heavy atom. The van der Waals surface area contributed by atoms with Crippen LogP contribution in [0.15, 0.2) is 24.8 Å². The fourth-order valence-electron chi connectivity index (χ4n) is 0.480. The van der Waals surface area contributed by atoms with Crippen molar-refractivity contribution in [3.05, 3.63) is 24.8 Å². The molecular weight excluding hydrogens is 262 g/mol. The maximum atomic E-state index is 10.5. The molecule has 0 radical (unpaired) electrons. The van der Waals surface area contributed by atoms with Gasteiger partial charge in [0, 0.05) is 18.2 Å². The Labute approximate surface area is 113 Å². The van der Waals surface area contributed by atoms with Gasteiger partial charge in [0.15, 0.2) is 0 Å². The van der Waals surface area contributed by atoms with E-state index in [2.05, 4.69) is 22.6 Å². The molecule has 6 nitrogen and oxygen atoms in total. The van der Waals surface area contributed by atoms with Crippen LogP contribution in [0, 0.1) is 0 Å². The van der Waals surface area contributed by atoms with E-state index >= 15 is 0 Å². The monoisotopic (exact) mass is 281 g/mol. The maximum absolute atomic E-state index is 10.5. The minimum atomic E-state index is -0.501. The predicted molar refractivity (Wildman–Crippen MR) is 70.3 cm³/mol. The topological polar surface area (TPSA) is 98.9 Å². The quantitative estimate of drug-likeness (QED) is 0.533. The molecule has 7 heteroatoms. The van der Waals surface area contributed by atoms with Gasteiger partial charge in [-0.15, -0.1) is 12.4 Å². The van der Waals surface area contributed by atoms with Gasteiger partial charge in [0.25, 0.3) is 0 Å². The highest BCUT2D eigenvalue weighted by molar-refractivity contribution is 5.86. The minimum Gasteiger partial charge on any atom is -0.461 e. The average Bonchev–Trinajstić information content (AvgIpc) is 2.33. The summed E-state index contributed by atoms with van der Waals surface area (Å²) < 4.78 is 8.92. The number of hydrogen-bond acceptors (Lipinski definition) is 6. The number of nitrogens with two attached hydrogens (primary N) is 1. The van der Waals surface area contributed by atoms with Gasteiger partial charge in [-0.2, -0.15) is 0 Å².